The molecule has 1 heterocycles. The quantitative estimate of drug-likeness (QED) is 0.733. The van der Waals surface area contributed by atoms with Crippen LogP contribution >= 0.6 is 15.9 Å². The van der Waals surface area contributed by atoms with E-state index in [2.05, 4.69) is 38.0 Å². The number of ether oxygens (including phenoxy) is 1. The van der Waals surface area contributed by atoms with Gasteiger partial charge in [0, 0.05) is 38.3 Å². The van der Waals surface area contributed by atoms with Crippen molar-refractivity contribution >= 4 is 21.8 Å². The fourth-order valence-corrected chi connectivity index (χ4v) is 3.28. The first kappa shape index (κ1) is 18.2. The first-order valence-electron chi connectivity index (χ1n) is 8.20. The summed E-state index contributed by atoms with van der Waals surface area (Å²) in [5.74, 6) is 0.692. The molecule has 1 aliphatic rings. The summed E-state index contributed by atoms with van der Waals surface area (Å²) in [6.45, 7) is 9.68. The third kappa shape index (κ3) is 5.48. The standard InChI is InChI=1S/C17H26BrN3O2/c1-3-20-9-11-21(12-10-20)8-4-7-19-17(22)14-5-6-16(23-2)15(18)13-14/h5-6,13H,3-4,7-12H2,1-2H3,(H,19,22). The molecule has 1 aliphatic heterocycles. The number of benzene rings is 1. The van der Waals surface area contributed by atoms with Gasteiger partial charge in [0.15, 0.2) is 0 Å². The summed E-state index contributed by atoms with van der Waals surface area (Å²) in [4.78, 5) is 17.1. The van der Waals surface area contributed by atoms with Crippen molar-refractivity contribution in [2.45, 2.75) is 13.3 Å². The van der Waals surface area contributed by atoms with Crippen molar-refractivity contribution in [1.29, 1.82) is 0 Å². The molecule has 1 saturated heterocycles. The van der Waals surface area contributed by atoms with Crippen molar-refractivity contribution in [3.05, 3.63) is 28.2 Å². The van der Waals surface area contributed by atoms with E-state index in [1.54, 1.807) is 25.3 Å². The highest BCUT2D eigenvalue weighted by Gasteiger charge is 2.15. The number of hydrogen-bond acceptors (Lipinski definition) is 4. The maximum absolute atomic E-state index is 12.1. The van der Waals surface area contributed by atoms with Crippen LogP contribution in [0.5, 0.6) is 5.75 Å². The summed E-state index contributed by atoms with van der Waals surface area (Å²) in [5, 5.41) is 2.99. The normalized spacial score (nSPS) is 16.3. The van der Waals surface area contributed by atoms with E-state index in [0.717, 1.165) is 55.9 Å². The van der Waals surface area contributed by atoms with E-state index in [9.17, 15) is 4.79 Å². The molecule has 1 aromatic carbocycles. The number of nitrogens with one attached hydrogen (secondary N) is 1. The van der Waals surface area contributed by atoms with Gasteiger partial charge in [-0.25, -0.2) is 0 Å². The Kier molecular flexibility index (Phi) is 7.33. The minimum Gasteiger partial charge on any atom is -0.496 e. The molecular weight excluding hydrogens is 358 g/mol. The van der Waals surface area contributed by atoms with Gasteiger partial charge in [0.2, 0.25) is 0 Å². The van der Waals surface area contributed by atoms with Crippen molar-refractivity contribution in [2.24, 2.45) is 0 Å². The number of carbonyl (C=O) groups excluding carboxylic acids is 1. The average molecular weight is 384 g/mol. The zero-order valence-corrected chi connectivity index (χ0v) is 15.6. The largest absolute Gasteiger partial charge is 0.496 e. The molecule has 1 amide bonds. The van der Waals surface area contributed by atoms with E-state index in [-0.39, 0.29) is 5.91 Å². The second-order valence-electron chi connectivity index (χ2n) is 5.73. The van der Waals surface area contributed by atoms with Crippen molar-refractivity contribution in [3.63, 3.8) is 0 Å². The molecule has 2 rings (SSSR count). The Labute approximate surface area is 147 Å². The van der Waals surface area contributed by atoms with Crippen molar-refractivity contribution < 1.29 is 9.53 Å². The molecule has 1 aromatic rings. The van der Waals surface area contributed by atoms with Crippen molar-refractivity contribution in [2.75, 3.05) is 52.9 Å². The molecule has 0 aromatic heterocycles. The number of likely N-dealkylation sites (N-methyl/N-ethyl adjacent to an activating group) is 1. The van der Waals surface area contributed by atoms with Gasteiger partial charge >= 0.3 is 0 Å². The van der Waals surface area contributed by atoms with E-state index < -0.39 is 0 Å². The molecule has 0 unspecified atom stereocenters. The number of carbonyl (C=O) groups is 1. The number of hydrogen-bond donors (Lipinski definition) is 1. The highest BCUT2D eigenvalue weighted by molar-refractivity contribution is 9.10. The molecule has 5 nitrogen and oxygen atoms in total. The Bertz CT molecular complexity index is 517. The van der Waals surface area contributed by atoms with Crippen LogP contribution in [0, 0.1) is 0 Å². The molecule has 128 valence electrons. The summed E-state index contributed by atoms with van der Waals surface area (Å²) < 4.78 is 5.97. The lowest BCUT2D eigenvalue weighted by molar-refractivity contribution is 0.0948. The average Bonchev–Trinajstić information content (AvgIpc) is 2.59. The maximum atomic E-state index is 12.1. The lowest BCUT2D eigenvalue weighted by Crippen LogP contribution is -2.46. The van der Waals surface area contributed by atoms with Crippen LogP contribution in [0.25, 0.3) is 0 Å². The summed E-state index contributed by atoms with van der Waals surface area (Å²) in [5.41, 5.74) is 0.647. The van der Waals surface area contributed by atoms with Crippen LogP contribution in [0.1, 0.15) is 23.7 Å². The Morgan fingerprint density at radius 2 is 1.96 bits per heavy atom. The molecule has 0 spiro atoms. The third-order valence-electron chi connectivity index (χ3n) is 4.26. The summed E-state index contributed by atoms with van der Waals surface area (Å²) in [7, 11) is 1.61. The number of rotatable bonds is 7. The summed E-state index contributed by atoms with van der Waals surface area (Å²) in [6, 6.07) is 5.37. The van der Waals surface area contributed by atoms with E-state index in [1.807, 2.05) is 0 Å². The van der Waals surface area contributed by atoms with Crippen LogP contribution in [0.4, 0.5) is 0 Å². The Balaban J connectivity index is 1.68. The zero-order chi connectivity index (χ0) is 16.7. The molecule has 1 N–H and O–H groups in total. The molecule has 6 heteroatoms. The highest BCUT2D eigenvalue weighted by atomic mass is 79.9. The first-order chi connectivity index (χ1) is 11.1. The van der Waals surface area contributed by atoms with Gasteiger partial charge in [-0.15, -0.1) is 0 Å². The first-order valence-corrected chi connectivity index (χ1v) is 8.99. The molecule has 1 fully saturated rings. The molecule has 0 saturated carbocycles. The number of halogens is 1. The van der Waals surface area contributed by atoms with Crippen LogP contribution < -0.4 is 10.1 Å². The maximum Gasteiger partial charge on any atom is 0.251 e. The summed E-state index contributed by atoms with van der Waals surface area (Å²) >= 11 is 3.40. The summed E-state index contributed by atoms with van der Waals surface area (Å²) in [6.07, 6.45) is 0.981. The molecule has 0 radical (unpaired) electrons. The smallest absolute Gasteiger partial charge is 0.251 e. The molecular formula is C17H26BrN3O2. The third-order valence-corrected chi connectivity index (χ3v) is 4.88. The number of methoxy groups -OCH3 is 1. The lowest BCUT2D eigenvalue weighted by atomic mass is 10.2. The topological polar surface area (TPSA) is 44.8 Å². The van der Waals surface area contributed by atoms with Gasteiger partial charge in [0.25, 0.3) is 5.91 Å². The van der Waals surface area contributed by atoms with E-state index >= 15 is 0 Å². The fraction of sp³-hybridized carbons (Fsp3) is 0.588. The molecule has 23 heavy (non-hydrogen) atoms. The molecule has 0 aliphatic carbocycles. The van der Waals surface area contributed by atoms with E-state index in [4.69, 9.17) is 4.74 Å². The number of piperazine rings is 1. The fourth-order valence-electron chi connectivity index (χ4n) is 2.74. The monoisotopic (exact) mass is 383 g/mol. The Hall–Kier alpha value is -1.11. The van der Waals surface area contributed by atoms with E-state index in [0.29, 0.717) is 12.1 Å². The lowest BCUT2D eigenvalue weighted by Gasteiger charge is -2.33. The Morgan fingerprint density at radius 3 is 2.57 bits per heavy atom. The van der Waals surface area contributed by atoms with Gasteiger partial charge in [-0.1, -0.05) is 6.92 Å². The van der Waals surface area contributed by atoms with Crippen LogP contribution in [-0.4, -0.2) is 68.6 Å². The van der Waals surface area contributed by atoms with Crippen molar-refractivity contribution in [3.8, 4) is 5.75 Å². The van der Waals surface area contributed by atoms with Crippen LogP contribution in [0.3, 0.4) is 0 Å². The van der Waals surface area contributed by atoms with Crippen LogP contribution in [0.15, 0.2) is 22.7 Å². The van der Waals surface area contributed by atoms with Crippen LogP contribution in [-0.2, 0) is 0 Å². The predicted octanol–water partition coefficient (Wildman–Crippen LogP) is 2.22. The second kappa shape index (κ2) is 9.25. The van der Waals surface area contributed by atoms with Gasteiger partial charge in [0.05, 0.1) is 11.6 Å². The van der Waals surface area contributed by atoms with E-state index in [1.165, 1.54) is 0 Å². The SMILES string of the molecule is CCN1CCN(CCCNC(=O)c2ccc(OC)c(Br)c2)CC1. The van der Waals surface area contributed by atoms with Gasteiger partial charge in [-0.05, 0) is 53.6 Å². The molecule has 0 bridgehead atoms. The van der Waals surface area contributed by atoms with Gasteiger partial charge in [0.1, 0.15) is 5.75 Å². The number of amides is 1. The highest BCUT2D eigenvalue weighted by Crippen LogP contribution is 2.25. The Morgan fingerprint density at radius 1 is 1.26 bits per heavy atom. The van der Waals surface area contributed by atoms with Gasteiger partial charge in [-0.3, -0.25) is 4.79 Å². The molecule has 0 atom stereocenters. The zero-order valence-electron chi connectivity index (χ0n) is 14.0. The van der Waals surface area contributed by atoms with Gasteiger partial charge in [-0.2, -0.15) is 0 Å². The second-order valence-corrected chi connectivity index (χ2v) is 6.59. The van der Waals surface area contributed by atoms with Crippen LogP contribution in [0.2, 0.25) is 0 Å². The minimum absolute atomic E-state index is 0.0378. The van der Waals surface area contributed by atoms with Gasteiger partial charge < -0.3 is 19.9 Å². The predicted molar refractivity (Wildman–Crippen MR) is 96.2 cm³/mol. The number of nitrogens with zero attached hydrogens (tertiary/aromatic N) is 2. The van der Waals surface area contributed by atoms with Crippen molar-refractivity contribution in [1.82, 2.24) is 15.1 Å². The minimum atomic E-state index is -0.0378.